The maximum absolute atomic E-state index is 3.82. The lowest BCUT2D eigenvalue weighted by atomic mass is 9.89. The number of allylic oxidation sites excluding steroid dienone is 1. The first-order valence-electron chi connectivity index (χ1n) is 6.85. The highest BCUT2D eigenvalue weighted by Gasteiger charge is 2.13. The molecule has 1 heteroatoms. The summed E-state index contributed by atoms with van der Waals surface area (Å²) in [5.74, 6) is 2.52. The summed E-state index contributed by atoms with van der Waals surface area (Å²) in [6.07, 6.45) is 8.59. The molecule has 0 N–H and O–H groups in total. The Hall–Kier alpha value is 0.170. The van der Waals surface area contributed by atoms with Gasteiger partial charge in [-0.25, -0.2) is 0 Å². The van der Waals surface area contributed by atoms with Crippen LogP contribution in [0.15, 0.2) is 12.7 Å². The third kappa shape index (κ3) is 8.34. The monoisotopic (exact) mass is 242 g/mol. The highest BCUT2D eigenvalue weighted by atomic mass is 31.0. The number of rotatable bonds is 9. The van der Waals surface area contributed by atoms with Crippen molar-refractivity contribution in [1.29, 1.82) is 0 Å². The van der Waals surface area contributed by atoms with E-state index in [2.05, 4.69) is 49.6 Å². The summed E-state index contributed by atoms with van der Waals surface area (Å²) in [5, 5.41) is 0. The van der Waals surface area contributed by atoms with Crippen molar-refractivity contribution in [3.8, 4) is 0 Å². The zero-order valence-corrected chi connectivity index (χ0v) is 12.9. The fourth-order valence-corrected chi connectivity index (χ4v) is 3.39. The van der Waals surface area contributed by atoms with Gasteiger partial charge < -0.3 is 0 Å². The lowest BCUT2D eigenvalue weighted by Gasteiger charge is -2.21. The molecule has 0 aliphatic heterocycles. The average Bonchev–Trinajstić information content (AvgIpc) is 2.16. The number of hydrogen-bond donors (Lipinski definition) is 0. The lowest BCUT2D eigenvalue weighted by molar-refractivity contribution is 0.374. The van der Waals surface area contributed by atoms with E-state index in [1.54, 1.807) is 0 Å². The molecule has 96 valence electrons. The molecule has 0 saturated heterocycles. The van der Waals surface area contributed by atoms with Crippen LogP contribution in [0.3, 0.4) is 0 Å². The molecule has 0 aromatic carbocycles. The molecule has 0 rings (SSSR count). The standard InChI is InChI=1S/C15H31P/c1-6-8-13(4)9-14(5)11-15(16)10-12(3)7-2/h6,12-15H,1,7-11,16H2,2-5H3. The predicted molar refractivity (Wildman–Crippen MR) is 79.9 cm³/mol. The molecule has 0 radical (unpaired) electrons. The Balaban J connectivity index is 3.76. The van der Waals surface area contributed by atoms with Gasteiger partial charge in [0, 0.05) is 0 Å². The van der Waals surface area contributed by atoms with Crippen molar-refractivity contribution in [2.24, 2.45) is 17.8 Å². The summed E-state index contributed by atoms with van der Waals surface area (Å²) in [6, 6.07) is 0. The van der Waals surface area contributed by atoms with Crippen LogP contribution in [0, 0.1) is 17.8 Å². The van der Waals surface area contributed by atoms with Crippen molar-refractivity contribution in [3.63, 3.8) is 0 Å². The van der Waals surface area contributed by atoms with E-state index in [-0.39, 0.29) is 0 Å². The smallest absolute Gasteiger partial charge is 0.0259 e. The van der Waals surface area contributed by atoms with Crippen LogP contribution in [-0.4, -0.2) is 5.66 Å². The maximum Gasteiger partial charge on any atom is -0.0259 e. The van der Waals surface area contributed by atoms with Gasteiger partial charge >= 0.3 is 0 Å². The van der Waals surface area contributed by atoms with Gasteiger partial charge in [-0.3, -0.25) is 0 Å². The third-order valence-corrected chi connectivity index (χ3v) is 4.03. The van der Waals surface area contributed by atoms with Crippen molar-refractivity contribution in [1.82, 2.24) is 0 Å². The largest absolute Gasteiger partial charge is 0.134 e. The zero-order valence-electron chi connectivity index (χ0n) is 11.7. The summed E-state index contributed by atoms with van der Waals surface area (Å²) >= 11 is 0. The van der Waals surface area contributed by atoms with Gasteiger partial charge in [0.2, 0.25) is 0 Å². The normalized spacial score (nSPS) is 18.8. The molecule has 5 atom stereocenters. The second kappa shape index (κ2) is 9.23. The second-order valence-corrected chi connectivity index (χ2v) is 6.66. The fraction of sp³-hybridized carbons (Fsp3) is 0.867. The van der Waals surface area contributed by atoms with Gasteiger partial charge in [0.05, 0.1) is 0 Å². The lowest BCUT2D eigenvalue weighted by Crippen LogP contribution is -2.11. The van der Waals surface area contributed by atoms with Crippen molar-refractivity contribution in [3.05, 3.63) is 12.7 Å². The first kappa shape index (κ1) is 16.2. The topological polar surface area (TPSA) is 0 Å². The molecule has 0 amide bonds. The maximum atomic E-state index is 3.82. The molecule has 0 fully saturated rings. The first-order chi connectivity index (χ1) is 7.49. The van der Waals surface area contributed by atoms with E-state index in [1.165, 1.54) is 25.7 Å². The van der Waals surface area contributed by atoms with Gasteiger partial charge in [0.15, 0.2) is 0 Å². The van der Waals surface area contributed by atoms with Crippen LogP contribution in [-0.2, 0) is 0 Å². The summed E-state index contributed by atoms with van der Waals surface area (Å²) in [7, 11) is 3.04. The average molecular weight is 242 g/mol. The minimum Gasteiger partial charge on any atom is -0.134 e. The van der Waals surface area contributed by atoms with E-state index in [0.29, 0.717) is 0 Å². The van der Waals surface area contributed by atoms with Crippen LogP contribution >= 0.6 is 9.24 Å². The molecule has 0 aromatic rings. The summed E-state index contributed by atoms with van der Waals surface area (Å²) in [4.78, 5) is 0. The molecular formula is C15H31P. The van der Waals surface area contributed by atoms with Gasteiger partial charge in [0.25, 0.3) is 0 Å². The molecule has 0 aromatic heterocycles. The Morgan fingerprint density at radius 2 is 1.56 bits per heavy atom. The van der Waals surface area contributed by atoms with Crippen molar-refractivity contribution in [2.45, 2.75) is 65.5 Å². The van der Waals surface area contributed by atoms with Crippen LogP contribution < -0.4 is 0 Å². The zero-order chi connectivity index (χ0) is 12.6. The van der Waals surface area contributed by atoms with Gasteiger partial charge in [-0.15, -0.1) is 15.8 Å². The molecule has 0 spiro atoms. The molecular weight excluding hydrogens is 211 g/mol. The molecule has 0 saturated carbocycles. The quantitative estimate of drug-likeness (QED) is 0.380. The second-order valence-electron chi connectivity index (χ2n) is 5.72. The van der Waals surface area contributed by atoms with Gasteiger partial charge in [-0.2, -0.15) is 0 Å². The fourth-order valence-electron chi connectivity index (χ4n) is 2.46. The van der Waals surface area contributed by atoms with E-state index >= 15 is 0 Å². The summed E-state index contributed by atoms with van der Waals surface area (Å²) in [5.41, 5.74) is 0.806. The molecule has 0 aliphatic rings. The van der Waals surface area contributed by atoms with E-state index in [1.807, 2.05) is 0 Å². The van der Waals surface area contributed by atoms with Crippen LogP contribution in [0.25, 0.3) is 0 Å². The predicted octanol–water partition coefficient (Wildman–Crippen LogP) is 5.29. The third-order valence-electron chi connectivity index (χ3n) is 3.48. The summed E-state index contributed by atoms with van der Waals surface area (Å²) in [6.45, 7) is 13.2. The summed E-state index contributed by atoms with van der Waals surface area (Å²) < 4.78 is 0. The van der Waals surface area contributed by atoms with Gasteiger partial charge in [-0.1, -0.05) is 40.2 Å². The SMILES string of the molecule is C=CCC(C)CC(C)CC(P)CC(C)CC. The van der Waals surface area contributed by atoms with E-state index < -0.39 is 0 Å². The van der Waals surface area contributed by atoms with Crippen LogP contribution in [0.4, 0.5) is 0 Å². The van der Waals surface area contributed by atoms with E-state index in [4.69, 9.17) is 0 Å². The Morgan fingerprint density at radius 3 is 2.06 bits per heavy atom. The Morgan fingerprint density at radius 1 is 1.00 bits per heavy atom. The highest BCUT2D eigenvalue weighted by molar-refractivity contribution is 7.17. The Kier molecular flexibility index (Phi) is 9.32. The van der Waals surface area contributed by atoms with E-state index in [0.717, 1.165) is 29.8 Å². The Labute approximate surface area is 105 Å². The van der Waals surface area contributed by atoms with Crippen LogP contribution in [0.5, 0.6) is 0 Å². The Bertz CT molecular complexity index is 176. The number of hydrogen-bond acceptors (Lipinski definition) is 0. The van der Waals surface area contributed by atoms with Gasteiger partial charge in [-0.05, 0) is 49.1 Å². The van der Waals surface area contributed by atoms with Crippen molar-refractivity contribution in [2.75, 3.05) is 0 Å². The first-order valence-corrected chi connectivity index (χ1v) is 7.52. The van der Waals surface area contributed by atoms with Crippen LogP contribution in [0.1, 0.15) is 59.8 Å². The molecule has 0 nitrogen and oxygen atoms in total. The van der Waals surface area contributed by atoms with Crippen molar-refractivity contribution >= 4 is 9.24 Å². The molecule has 0 bridgehead atoms. The molecule has 0 heterocycles. The minimum absolute atomic E-state index is 0.799. The van der Waals surface area contributed by atoms with Crippen LogP contribution in [0.2, 0.25) is 0 Å². The van der Waals surface area contributed by atoms with E-state index in [9.17, 15) is 0 Å². The van der Waals surface area contributed by atoms with Crippen molar-refractivity contribution < 1.29 is 0 Å². The highest BCUT2D eigenvalue weighted by Crippen LogP contribution is 2.26. The molecule has 5 unspecified atom stereocenters. The minimum atomic E-state index is 0.799. The van der Waals surface area contributed by atoms with Gasteiger partial charge in [0.1, 0.15) is 0 Å². The molecule has 16 heavy (non-hydrogen) atoms. The molecule has 0 aliphatic carbocycles.